The Labute approximate surface area is 181 Å². The lowest BCUT2D eigenvalue weighted by atomic mass is 10.2. The Hall–Kier alpha value is -1.98. The zero-order valence-corrected chi connectivity index (χ0v) is 17.9. The van der Waals surface area contributed by atoms with Crippen LogP contribution in [-0.2, 0) is 9.53 Å². The van der Waals surface area contributed by atoms with Gasteiger partial charge < -0.3 is 19.4 Å². The Bertz CT molecular complexity index is 677. The minimum atomic E-state index is -4.27. The van der Waals surface area contributed by atoms with Gasteiger partial charge in [-0.15, -0.1) is 0 Å². The molecule has 8 nitrogen and oxygen atoms in total. The van der Waals surface area contributed by atoms with E-state index in [1.165, 1.54) is 0 Å². The molecular formula is C20H31F3N6O2. The third-order valence-corrected chi connectivity index (χ3v) is 5.77. The molecule has 2 fully saturated rings. The molecule has 1 aromatic heterocycles. The smallest absolute Gasteiger partial charge is 0.372 e. The van der Waals surface area contributed by atoms with Crippen molar-refractivity contribution in [2.24, 2.45) is 0 Å². The van der Waals surface area contributed by atoms with Crippen LogP contribution in [0, 0.1) is 0 Å². The third kappa shape index (κ3) is 7.29. The number of amides is 1. The highest BCUT2D eigenvalue weighted by Gasteiger charge is 2.31. The van der Waals surface area contributed by atoms with Crippen molar-refractivity contribution in [3.05, 3.63) is 18.5 Å². The second-order valence-electron chi connectivity index (χ2n) is 7.94. The van der Waals surface area contributed by atoms with Crippen LogP contribution in [-0.4, -0.2) is 115 Å². The summed E-state index contributed by atoms with van der Waals surface area (Å²) in [6.07, 6.45) is -0.259. The Balaban J connectivity index is 1.34. The molecule has 1 amide bonds. The van der Waals surface area contributed by atoms with Crippen molar-refractivity contribution in [1.82, 2.24) is 24.7 Å². The number of aromatic nitrogens is 2. The number of carbonyl (C=O) groups is 1. The topological polar surface area (TPSA) is 65.0 Å². The molecule has 1 unspecified atom stereocenters. The fraction of sp³-hybridized carbons (Fsp3) is 0.750. The molecular weight excluding hydrogens is 413 g/mol. The number of hydrogen-bond donors (Lipinski definition) is 0. The summed E-state index contributed by atoms with van der Waals surface area (Å²) in [4.78, 5) is 29.9. The molecule has 0 bridgehead atoms. The number of piperazine rings is 2. The van der Waals surface area contributed by atoms with Crippen LogP contribution in [0.25, 0.3) is 0 Å². The summed E-state index contributed by atoms with van der Waals surface area (Å²) in [5.41, 5.74) is 0. The quantitative estimate of drug-likeness (QED) is 0.557. The standard InChI is InChI=1S/C20H31F3N6O2/c1-17(18(30)28-11-13-29(14-12-28)19-24-4-2-5-25-19)27-9-7-26(8-10-27)6-3-15-31-16-20(21,22)23/h2,4-5,17H,3,6-16H2,1H3. The van der Waals surface area contributed by atoms with Crippen LogP contribution >= 0.6 is 0 Å². The first-order valence-electron chi connectivity index (χ1n) is 10.7. The summed E-state index contributed by atoms with van der Waals surface area (Å²) in [6.45, 7) is 7.46. The molecule has 0 aromatic carbocycles. The lowest BCUT2D eigenvalue weighted by Crippen LogP contribution is -2.57. The molecule has 0 N–H and O–H groups in total. The van der Waals surface area contributed by atoms with Crippen LogP contribution < -0.4 is 4.90 Å². The SMILES string of the molecule is CC(C(=O)N1CCN(c2ncccn2)CC1)N1CCN(CCCOCC(F)(F)F)CC1. The number of rotatable bonds is 8. The average Bonchev–Trinajstić information content (AvgIpc) is 2.78. The monoisotopic (exact) mass is 444 g/mol. The zero-order chi connectivity index (χ0) is 22.3. The molecule has 2 aliphatic rings. The summed E-state index contributed by atoms with van der Waals surface area (Å²) >= 11 is 0. The number of ether oxygens (including phenoxy) is 1. The molecule has 0 radical (unpaired) electrons. The lowest BCUT2D eigenvalue weighted by molar-refractivity contribution is -0.174. The summed E-state index contributed by atoms with van der Waals surface area (Å²) in [5.74, 6) is 0.838. The number of hydrogen-bond acceptors (Lipinski definition) is 7. The molecule has 0 saturated carbocycles. The molecule has 0 spiro atoms. The molecule has 1 aromatic rings. The van der Waals surface area contributed by atoms with E-state index in [4.69, 9.17) is 0 Å². The largest absolute Gasteiger partial charge is 0.411 e. The fourth-order valence-corrected chi connectivity index (χ4v) is 3.95. The van der Waals surface area contributed by atoms with Crippen molar-refractivity contribution in [1.29, 1.82) is 0 Å². The first-order chi connectivity index (χ1) is 14.8. The third-order valence-electron chi connectivity index (χ3n) is 5.77. The Morgan fingerprint density at radius 3 is 2.32 bits per heavy atom. The van der Waals surface area contributed by atoms with Crippen LogP contribution in [0.4, 0.5) is 19.1 Å². The number of halogens is 3. The van der Waals surface area contributed by atoms with Gasteiger partial charge >= 0.3 is 6.18 Å². The summed E-state index contributed by atoms with van der Waals surface area (Å²) in [6, 6.07) is 1.60. The predicted molar refractivity (Wildman–Crippen MR) is 110 cm³/mol. The van der Waals surface area contributed by atoms with Crippen molar-refractivity contribution in [2.45, 2.75) is 25.6 Å². The zero-order valence-electron chi connectivity index (χ0n) is 17.9. The molecule has 3 rings (SSSR count). The van der Waals surface area contributed by atoms with Crippen molar-refractivity contribution < 1.29 is 22.7 Å². The van der Waals surface area contributed by atoms with Crippen LogP contribution in [0.3, 0.4) is 0 Å². The maximum absolute atomic E-state index is 13.0. The van der Waals surface area contributed by atoms with E-state index in [0.717, 1.165) is 26.2 Å². The highest BCUT2D eigenvalue weighted by molar-refractivity contribution is 5.81. The highest BCUT2D eigenvalue weighted by Crippen LogP contribution is 2.15. The number of anilines is 1. The number of carbonyl (C=O) groups excluding carboxylic acids is 1. The number of alkyl halides is 3. The minimum Gasteiger partial charge on any atom is -0.372 e. The summed E-state index contributed by atoms with van der Waals surface area (Å²) in [7, 11) is 0. The van der Waals surface area contributed by atoms with E-state index in [-0.39, 0.29) is 18.6 Å². The van der Waals surface area contributed by atoms with E-state index in [1.807, 2.05) is 11.8 Å². The highest BCUT2D eigenvalue weighted by atomic mass is 19.4. The van der Waals surface area contributed by atoms with Gasteiger partial charge in [0.1, 0.15) is 6.61 Å². The Morgan fingerprint density at radius 1 is 1.06 bits per heavy atom. The van der Waals surface area contributed by atoms with Gasteiger partial charge in [-0.25, -0.2) is 9.97 Å². The van der Waals surface area contributed by atoms with Crippen molar-refractivity contribution in [3.63, 3.8) is 0 Å². The molecule has 2 aliphatic heterocycles. The van der Waals surface area contributed by atoms with Gasteiger partial charge in [0.25, 0.3) is 0 Å². The average molecular weight is 445 g/mol. The molecule has 11 heteroatoms. The van der Waals surface area contributed by atoms with Crippen LogP contribution in [0.2, 0.25) is 0 Å². The van der Waals surface area contributed by atoms with Gasteiger partial charge in [0, 0.05) is 77.9 Å². The van der Waals surface area contributed by atoms with Gasteiger partial charge in [0.15, 0.2) is 0 Å². The maximum atomic E-state index is 13.0. The van der Waals surface area contributed by atoms with E-state index in [2.05, 4.69) is 29.4 Å². The van der Waals surface area contributed by atoms with Crippen LogP contribution in [0.5, 0.6) is 0 Å². The van der Waals surface area contributed by atoms with Gasteiger partial charge in [0.05, 0.1) is 6.04 Å². The van der Waals surface area contributed by atoms with E-state index in [0.29, 0.717) is 45.1 Å². The van der Waals surface area contributed by atoms with Crippen LogP contribution in [0.1, 0.15) is 13.3 Å². The molecule has 3 heterocycles. The summed E-state index contributed by atoms with van der Waals surface area (Å²) in [5, 5.41) is 0. The van der Waals surface area contributed by atoms with E-state index in [9.17, 15) is 18.0 Å². The van der Waals surface area contributed by atoms with E-state index < -0.39 is 12.8 Å². The first kappa shape index (κ1) is 23.7. The fourth-order valence-electron chi connectivity index (χ4n) is 3.95. The minimum absolute atomic E-state index is 0.106. The number of nitrogens with zero attached hydrogens (tertiary/aromatic N) is 6. The van der Waals surface area contributed by atoms with Gasteiger partial charge in [-0.1, -0.05) is 0 Å². The molecule has 2 saturated heterocycles. The van der Waals surface area contributed by atoms with Gasteiger partial charge in [-0.3, -0.25) is 9.69 Å². The lowest BCUT2D eigenvalue weighted by Gasteiger charge is -2.41. The van der Waals surface area contributed by atoms with Crippen molar-refractivity contribution in [2.75, 3.05) is 77.0 Å². The van der Waals surface area contributed by atoms with E-state index >= 15 is 0 Å². The van der Waals surface area contributed by atoms with Gasteiger partial charge in [0.2, 0.25) is 11.9 Å². The van der Waals surface area contributed by atoms with Gasteiger partial charge in [-0.2, -0.15) is 13.2 Å². The van der Waals surface area contributed by atoms with Crippen LogP contribution in [0.15, 0.2) is 18.5 Å². The molecule has 0 aliphatic carbocycles. The first-order valence-corrected chi connectivity index (χ1v) is 10.7. The molecule has 174 valence electrons. The molecule has 31 heavy (non-hydrogen) atoms. The second-order valence-corrected chi connectivity index (χ2v) is 7.94. The maximum Gasteiger partial charge on any atom is 0.411 e. The summed E-state index contributed by atoms with van der Waals surface area (Å²) < 4.78 is 40.9. The second kappa shape index (κ2) is 11.1. The normalized spacial score (nSPS) is 20.1. The predicted octanol–water partition coefficient (Wildman–Crippen LogP) is 1.10. The Kier molecular flexibility index (Phi) is 8.44. The molecule has 1 atom stereocenters. The van der Waals surface area contributed by atoms with Crippen molar-refractivity contribution >= 4 is 11.9 Å². The van der Waals surface area contributed by atoms with Gasteiger partial charge in [-0.05, 0) is 19.4 Å². The Morgan fingerprint density at radius 2 is 1.71 bits per heavy atom. The van der Waals surface area contributed by atoms with E-state index in [1.54, 1.807) is 18.5 Å². The van der Waals surface area contributed by atoms with Crippen molar-refractivity contribution in [3.8, 4) is 0 Å².